The SMILES string of the molecule is O=C(CSc1nc(CO)cn1Cc1ccc(F)cc1)Nc1cccc2ccccc12. The Hall–Kier alpha value is -3.16. The fourth-order valence-electron chi connectivity index (χ4n) is 3.19. The summed E-state index contributed by atoms with van der Waals surface area (Å²) in [5.74, 6) is -0.257. The topological polar surface area (TPSA) is 67.1 Å². The van der Waals surface area contributed by atoms with Gasteiger partial charge in [0, 0.05) is 23.8 Å². The first-order chi connectivity index (χ1) is 14.6. The van der Waals surface area contributed by atoms with E-state index in [9.17, 15) is 14.3 Å². The summed E-state index contributed by atoms with van der Waals surface area (Å²) in [6, 6.07) is 19.9. The van der Waals surface area contributed by atoms with Gasteiger partial charge in [-0.25, -0.2) is 9.37 Å². The van der Waals surface area contributed by atoms with E-state index in [-0.39, 0.29) is 24.1 Å². The molecule has 4 aromatic rings. The first kappa shape index (κ1) is 20.1. The standard InChI is InChI=1S/C23H20FN3O2S/c24-18-10-8-16(9-11-18)12-27-13-19(14-28)25-23(27)30-15-22(29)26-21-7-3-5-17-4-1-2-6-20(17)21/h1-11,13,28H,12,14-15H2,(H,26,29). The van der Waals surface area contributed by atoms with Gasteiger partial charge >= 0.3 is 0 Å². The minimum absolute atomic E-state index is 0.141. The van der Waals surface area contributed by atoms with Crippen molar-refractivity contribution in [1.82, 2.24) is 9.55 Å². The molecule has 0 aliphatic rings. The number of imidazole rings is 1. The summed E-state index contributed by atoms with van der Waals surface area (Å²) in [6.07, 6.45) is 1.74. The summed E-state index contributed by atoms with van der Waals surface area (Å²) in [4.78, 5) is 16.9. The summed E-state index contributed by atoms with van der Waals surface area (Å²) < 4.78 is 15.0. The maximum atomic E-state index is 13.1. The lowest BCUT2D eigenvalue weighted by atomic mass is 10.1. The van der Waals surface area contributed by atoms with Gasteiger partial charge in [0.15, 0.2) is 5.16 Å². The van der Waals surface area contributed by atoms with Gasteiger partial charge in [0.2, 0.25) is 5.91 Å². The zero-order chi connectivity index (χ0) is 20.9. The molecule has 0 radical (unpaired) electrons. The largest absolute Gasteiger partial charge is 0.390 e. The average Bonchev–Trinajstić information content (AvgIpc) is 3.16. The summed E-state index contributed by atoms with van der Waals surface area (Å²) >= 11 is 1.29. The molecule has 0 aliphatic carbocycles. The molecule has 0 saturated heterocycles. The summed E-state index contributed by atoms with van der Waals surface area (Å²) in [5.41, 5.74) is 2.19. The van der Waals surface area contributed by atoms with Crippen molar-refractivity contribution in [3.05, 3.63) is 90.0 Å². The normalized spacial score (nSPS) is 11.0. The zero-order valence-corrected chi connectivity index (χ0v) is 16.9. The number of halogens is 1. The molecule has 7 heteroatoms. The molecule has 1 amide bonds. The minimum atomic E-state index is -0.292. The van der Waals surface area contributed by atoms with Crippen LogP contribution in [0.25, 0.3) is 10.8 Å². The Kier molecular flexibility index (Phi) is 6.11. The van der Waals surface area contributed by atoms with Crippen LogP contribution >= 0.6 is 11.8 Å². The van der Waals surface area contributed by atoms with E-state index in [1.165, 1.54) is 23.9 Å². The second-order valence-electron chi connectivity index (χ2n) is 6.79. The van der Waals surface area contributed by atoms with E-state index in [1.807, 2.05) is 47.0 Å². The third-order valence-corrected chi connectivity index (χ3v) is 5.60. The number of amides is 1. The van der Waals surface area contributed by atoms with Crippen LogP contribution in [0.15, 0.2) is 78.1 Å². The Morgan fingerprint density at radius 3 is 2.63 bits per heavy atom. The van der Waals surface area contributed by atoms with Gasteiger partial charge in [-0.3, -0.25) is 4.79 Å². The Balaban J connectivity index is 1.45. The van der Waals surface area contributed by atoms with Gasteiger partial charge in [-0.2, -0.15) is 0 Å². The van der Waals surface area contributed by atoms with Crippen LogP contribution < -0.4 is 5.32 Å². The first-order valence-electron chi connectivity index (χ1n) is 9.44. The van der Waals surface area contributed by atoms with Crippen LogP contribution in [-0.4, -0.2) is 26.3 Å². The predicted octanol–water partition coefficient (Wildman–Crippen LogP) is 4.45. The highest BCUT2D eigenvalue weighted by Gasteiger charge is 2.12. The zero-order valence-electron chi connectivity index (χ0n) is 16.1. The van der Waals surface area contributed by atoms with Gasteiger partial charge in [0.1, 0.15) is 5.82 Å². The van der Waals surface area contributed by atoms with E-state index in [0.717, 1.165) is 22.0 Å². The molecular formula is C23H20FN3O2S. The van der Waals surface area contributed by atoms with E-state index in [0.29, 0.717) is 17.4 Å². The fourth-order valence-corrected chi connectivity index (χ4v) is 3.99. The van der Waals surface area contributed by atoms with Crippen molar-refractivity contribution in [2.45, 2.75) is 18.3 Å². The van der Waals surface area contributed by atoms with Crippen molar-refractivity contribution < 1.29 is 14.3 Å². The van der Waals surface area contributed by atoms with Gasteiger partial charge in [-0.15, -0.1) is 0 Å². The number of anilines is 1. The summed E-state index contributed by atoms with van der Waals surface area (Å²) in [6.45, 7) is 0.284. The van der Waals surface area contributed by atoms with Crippen molar-refractivity contribution in [2.75, 3.05) is 11.1 Å². The number of carbonyl (C=O) groups excluding carboxylic acids is 1. The molecule has 0 bridgehead atoms. The molecule has 0 unspecified atom stereocenters. The summed E-state index contributed by atoms with van der Waals surface area (Å²) in [7, 11) is 0. The number of hydrogen-bond donors (Lipinski definition) is 2. The number of benzene rings is 3. The van der Waals surface area contributed by atoms with Crippen molar-refractivity contribution in [3.8, 4) is 0 Å². The number of nitrogens with one attached hydrogen (secondary N) is 1. The average molecular weight is 421 g/mol. The lowest BCUT2D eigenvalue weighted by Gasteiger charge is -2.10. The van der Waals surface area contributed by atoms with Crippen molar-refractivity contribution in [2.24, 2.45) is 0 Å². The van der Waals surface area contributed by atoms with Gasteiger partial charge in [0.05, 0.1) is 18.1 Å². The number of aromatic nitrogens is 2. The molecule has 0 saturated carbocycles. The predicted molar refractivity (Wildman–Crippen MR) is 117 cm³/mol. The Morgan fingerprint density at radius 1 is 1.07 bits per heavy atom. The minimum Gasteiger partial charge on any atom is -0.390 e. The smallest absolute Gasteiger partial charge is 0.234 e. The van der Waals surface area contributed by atoms with Crippen LogP contribution in [0.5, 0.6) is 0 Å². The number of carbonyl (C=O) groups is 1. The second kappa shape index (κ2) is 9.11. The van der Waals surface area contributed by atoms with Crippen LogP contribution in [0, 0.1) is 5.82 Å². The molecule has 5 nitrogen and oxygen atoms in total. The molecule has 0 fully saturated rings. The molecule has 0 spiro atoms. The molecular weight excluding hydrogens is 401 g/mol. The van der Waals surface area contributed by atoms with E-state index in [4.69, 9.17) is 0 Å². The molecule has 1 aromatic heterocycles. The first-order valence-corrected chi connectivity index (χ1v) is 10.4. The summed E-state index contributed by atoms with van der Waals surface area (Å²) in [5, 5.41) is 15.1. The van der Waals surface area contributed by atoms with Crippen LogP contribution in [-0.2, 0) is 17.9 Å². The van der Waals surface area contributed by atoms with E-state index < -0.39 is 0 Å². The van der Waals surface area contributed by atoms with Gasteiger partial charge in [-0.1, -0.05) is 60.3 Å². The number of nitrogens with zero attached hydrogens (tertiary/aromatic N) is 2. The van der Waals surface area contributed by atoms with Crippen molar-refractivity contribution >= 4 is 34.1 Å². The van der Waals surface area contributed by atoms with Gasteiger partial charge < -0.3 is 15.0 Å². The highest BCUT2D eigenvalue weighted by Crippen LogP contribution is 2.24. The molecule has 152 valence electrons. The van der Waals surface area contributed by atoms with Crippen molar-refractivity contribution in [3.63, 3.8) is 0 Å². The number of rotatable bonds is 7. The Bertz CT molecular complexity index is 1170. The molecule has 1 heterocycles. The maximum Gasteiger partial charge on any atom is 0.234 e. The molecule has 2 N–H and O–H groups in total. The number of aliphatic hydroxyl groups is 1. The monoisotopic (exact) mass is 421 g/mol. The molecule has 0 atom stereocenters. The molecule has 30 heavy (non-hydrogen) atoms. The van der Waals surface area contributed by atoms with E-state index >= 15 is 0 Å². The maximum absolute atomic E-state index is 13.1. The highest BCUT2D eigenvalue weighted by atomic mass is 32.2. The quantitative estimate of drug-likeness (QED) is 0.433. The molecule has 4 rings (SSSR count). The molecule has 3 aromatic carbocycles. The lowest BCUT2D eigenvalue weighted by Crippen LogP contribution is -2.15. The number of aliphatic hydroxyl groups excluding tert-OH is 1. The fraction of sp³-hybridized carbons (Fsp3) is 0.130. The Morgan fingerprint density at radius 2 is 1.83 bits per heavy atom. The lowest BCUT2D eigenvalue weighted by molar-refractivity contribution is -0.113. The van der Waals surface area contributed by atoms with Crippen LogP contribution in [0.4, 0.5) is 10.1 Å². The second-order valence-corrected chi connectivity index (χ2v) is 7.73. The van der Waals surface area contributed by atoms with Crippen LogP contribution in [0.1, 0.15) is 11.3 Å². The van der Waals surface area contributed by atoms with Crippen molar-refractivity contribution in [1.29, 1.82) is 0 Å². The van der Waals surface area contributed by atoms with Gasteiger partial charge in [-0.05, 0) is 29.1 Å². The van der Waals surface area contributed by atoms with Gasteiger partial charge in [0.25, 0.3) is 0 Å². The van der Waals surface area contributed by atoms with Crippen LogP contribution in [0.3, 0.4) is 0 Å². The highest BCUT2D eigenvalue weighted by molar-refractivity contribution is 7.99. The van der Waals surface area contributed by atoms with E-state index in [1.54, 1.807) is 18.3 Å². The number of thioether (sulfide) groups is 1. The molecule has 0 aliphatic heterocycles. The Labute approximate surface area is 177 Å². The van der Waals surface area contributed by atoms with Crippen LogP contribution in [0.2, 0.25) is 0 Å². The van der Waals surface area contributed by atoms with E-state index in [2.05, 4.69) is 10.3 Å². The number of hydrogen-bond acceptors (Lipinski definition) is 4. The third-order valence-electron chi connectivity index (χ3n) is 4.61. The third kappa shape index (κ3) is 4.69. The number of fused-ring (bicyclic) bond motifs is 1.